The summed E-state index contributed by atoms with van der Waals surface area (Å²) in [6, 6.07) is 10.6. The van der Waals surface area contributed by atoms with Crippen molar-refractivity contribution in [3.05, 3.63) is 64.0 Å². The Hall–Kier alpha value is -2.59. The summed E-state index contributed by atoms with van der Waals surface area (Å²) in [6.45, 7) is 1.66. The van der Waals surface area contributed by atoms with Gasteiger partial charge in [0.25, 0.3) is 0 Å². The molecule has 0 radical (unpaired) electrons. The SMILES string of the molecule is Cc1ccc(-c2coc3c(O)c(CO)ccc3c2=O)cc1. The van der Waals surface area contributed by atoms with E-state index in [1.165, 1.54) is 12.3 Å². The molecule has 0 atom stereocenters. The van der Waals surface area contributed by atoms with Gasteiger partial charge >= 0.3 is 0 Å². The number of aliphatic hydroxyl groups is 1. The van der Waals surface area contributed by atoms with Gasteiger partial charge in [0, 0.05) is 5.56 Å². The van der Waals surface area contributed by atoms with Crippen LogP contribution in [0.1, 0.15) is 11.1 Å². The first-order valence-corrected chi connectivity index (χ1v) is 6.56. The molecule has 0 saturated carbocycles. The monoisotopic (exact) mass is 282 g/mol. The molecule has 0 fully saturated rings. The highest BCUT2D eigenvalue weighted by molar-refractivity contribution is 5.86. The van der Waals surface area contributed by atoms with Crippen molar-refractivity contribution in [1.29, 1.82) is 0 Å². The number of hydrogen-bond donors (Lipinski definition) is 2. The van der Waals surface area contributed by atoms with Gasteiger partial charge in [0.05, 0.1) is 17.6 Å². The third-order valence-electron chi connectivity index (χ3n) is 3.53. The molecule has 0 bridgehead atoms. The van der Waals surface area contributed by atoms with Gasteiger partial charge in [-0.15, -0.1) is 0 Å². The highest BCUT2D eigenvalue weighted by Gasteiger charge is 2.14. The molecule has 2 aromatic carbocycles. The van der Waals surface area contributed by atoms with Gasteiger partial charge in [-0.05, 0) is 18.6 Å². The molecule has 0 amide bonds. The van der Waals surface area contributed by atoms with E-state index >= 15 is 0 Å². The lowest BCUT2D eigenvalue weighted by molar-refractivity contribution is 0.275. The average molecular weight is 282 g/mol. The zero-order valence-corrected chi connectivity index (χ0v) is 11.5. The first kappa shape index (κ1) is 13.4. The lowest BCUT2D eigenvalue weighted by Gasteiger charge is -2.06. The Morgan fingerprint density at radius 3 is 2.48 bits per heavy atom. The molecule has 1 aromatic heterocycles. The van der Waals surface area contributed by atoms with Crippen molar-refractivity contribution in [3.63, 3.8) is 0 Å². The Kier molecular flexibility index (Phi) is 3.23. The maximum atomic E-state index is 12.5. The van der Waals surface area contributed by atoms with Gasteiger partial charge in [-0.2, -0.15) is 0 Å². The van der Waals surface area contributed by atoms with Crippen LogP contribution in [0.25, 0.3) is 22.1 Å². The van der Waals surface area contributed by atoms with Crippen LogP contribution in [-0.4, -0.2) is 10.2 Å². The van der Waals surface area contributed by atoms with Gasteiger partial charge in [-0.25, -0.2) is 0 Å². The van der Waals surface area contributed by atoms with E-state index in [0.29, 0.717) is 16.5 Å². The predicted molar refractivity (Wildman–Crippen MR) is 80.2 cm³/mol. The van der Waals surface area contributed by atoms with Crippen LogP contribution in [0.3, 0.4) is 0 Å². The maximum absolute atomic E-state index is 12.5. The lowest BCUT2D eigenvalue weighted by atomic mass is 10.0. The third kappa shape index (κ3) is 2.19. The summed E-state index contributed by atoms with van der Waals surface area (Å²) >= 11 is 0. The van der Waals surface area contributed by atoms with Crippen LogP contribution in [0.15, 0.2) is 51.9 Å². The molecule has 4 heteroatoms. The fourth-order valence-electron chi connectivity index (χ4n) is 2.29. The highest BCUT2D eigenvalue weighted by Crippen LogP contribution is 2.29. The summed E-state index contributed by atoms with van der Waals surface area (Å²) in [6.07, 6.45) is 1.34. The second-order valence-electron chi connectivity index (χ2n) is 4.95. The van der Waals surface area contributed by atoms with Crippen molar-refractivity contribution >= 4 is 11.0 Å². The van der Waals surface area contributed by atoms with Crippen LogP contribution >= 0.6 is 0 Å². The summed E-state index contributed by atoms with van der Waals surface area (Å²) in [7, 11) is 0. The largest absolute Gasteiger partial charge is 0.504 e. The molecule has 0 saturated heterocycles. The average Bonchev–Trinajstić information content (AvgIpc) is 2.50. The van der Waals surface area contributed by atoms with Crippen molar-refractivity contribution in [2.24, 2.45) is 0 Å². The first-order chi connectivity index (χ1) is 10.1. The molecule has 3 aromatic rings. The number of aromatic hydroxyl groups is 1. The fourth-order valence-corrected chi connectivity index (χ4v) is 2.29. The second kappa shape index (κ2) is 5.07. The van der Waals surface area contributed by atoms with Crippen molar-refractivity contribution < 1.29 is 14.6 Å². The summed E-state index contributed by atoms with van der Waals surface area (Å²) < 4.78 is 5.42. The molecular weight excluding hydrogens is 268 g/mol. The zero-order valence-electron chi connectivity index (χ0n) is 11.5. The number of rotatable bonds is 2. The van der Waals surface area contributed by atoms with Crippen LogP contribution in [0.4, 0.5) is 0 Å². The van der Waals surface area contributed by atoms with E-state index in [1.807, 2.05) is 31.2 Å². The number of phenols is 1. The third-order valence-corrected chi connectivity index (χ3v) is 3.53. The molecule has 106 valence electrons. The quantitative estimate of drug-likeness (QED) is 0.758. The smallest absolute Gasteiger partial charge is 0.200 e. The van der Waals surface area contributed by atoms with Crippen molar-refractivity contribution in [2.75, 3.05) is 0 Å². The summed E-state index contributed by atoms with van der Waals surface area (Å²) in [5.41, 5.74) is 2.53. The van der Waals surface area contributed by atoms with Crippen LogP contribution in [-0.2, 0) is 6.61 Å². The molecule has 0 aliphatic rings. The van der Waals surface area contributed by atoms with Gasteiger partial charge in [-0.3, -0.25) is 4.79 Å². The summed E-state index contributed by atoms with van der Waals surface area (Å²) in [4.78, 5) is 12.5. The van der Waals surface area contributed by atoms with Crippen LogP contribution in [0.2, 0.25) is 0 Å². The van der Waals surface area contributed by atoms with E-state index in [2.05, 4.69) is 0 Å². The molecule has 0 unspecified atom stereocenters. The molecule has 0 spiro atoms. The molecule has 4 nitrogen and oxygen atoms in total. The number of fused-ring (bicyclic) bond motifs is 1. The van der Waals surface area contributed by atoms with E-state index in [-0.39, 0.29) is 23.4 Å². The van der Waals surface area contributed by atoms with E-state index < -0.39 is 0 Å². The van der Waals surface area contributed by atoms with Crippen LogP contribution in [0, 0.1) is 6.92 Å². The number of aryl methyl sites for hydroxylation is 1. The minimum atomic E-state index is -0.314. The number of benzene rings is 2. The fraction of sp³-hybridized carbons (Fsp3) is 0.118. The molecule has 1 heterocycles. The van der Waals surface area contributed by atoms with E-state index in [4.69, 9.17) is 9.52 Å². The van der Waals surface area contributed by atoms with Crippen molar-refractivity contribution in [1.82, 2.24) is 0 Å². The first-order valence-electron chi connectivity index (χ1n) is 6.56. The topological polar surface area (TPSA) is 70.7 Å². The van der Waals surface area contributed by atoms with Gasteiger partial charge in [0.1, 0.15) is 6.26 Å². The molecule has 0 aliphatic heterocycles. The molecule has 21 heavy (non-hydrogen) atoms. The van der Waals surface area contributed by atoms with Crippen LogP contribution < -0.4 is 5.43 Å². The van der Waals surface area contributed by atoms with Gasteiger partial charge in [0.2, 0.25) is 5.43 Å². The standard InChI is InChI=1S/C17H14O4/c1-10-2-4-11(5-3-10)14-9-21-17-13(16(14)20)7-6-12(8-18)15(17)19/h2-7,9,18-19H,8H2,1H3. The van der Waals surface area contributed by atoms with Crippen molar-refractivity contribution in [3.8, 4) is 16.9 Å². The van der Waals surface area contributed by atoms with Gasteiger partial charge < -0.3 is 14.6 Å². The van der Waals surface area contributed by atoms with Crippen molar-refractivity contribution in [2.45, 2.75) is 13.5 Å². The Morgan fingerprint density at radius 2 is 1.81 bits per heavy atom. The van der Waals surface area contributed by atoms with E-state index in [1.54, 1.807) is 6.07 Å². The van der Waals surface area contributed by atoms with Gasteiger partial charge in [0.15, 0.2) is 11.3 Å². The number of aliphatic hydroxyl groups excluding tert-OH is 1. The molecular formula is C17H14O4. The Morgan fingerprint density at radius 1 is 1.10 bits per heavy atom. The summed E-state index contributed by atoms with van der Waals surface area (Å²) in [5, 5.41) is 19.4. The minimum absolute atomic E-state index is 0.0995. The Bertz CT molecular complexity index is 860. The Balaban J connectivity index is 2.26. The molecule has 2 N–H and O–H groups in total. The number of hydrogen-bond acceptors (Lipinski definition) is 4. The highest BCUT2D eigenvalue weighted by atomic mass is 16.3. The summed E-state index contributed by atoms with van der Waals surface area (Å²) in [5.74, 6) is -0.192. The minimum Gasteiger partial charge on any atom is -0.504 e. The van der Waals surface area contributed by atoms with Gasteiger partial charge in [-0.1, -0.05) is 35.9 Å². The normalized spacial score (nSPS) is 11.0. The second-order valence-corrected chi connectivity index (χ2v) is 4.95. The predicted octanol–water partition coefficient (Wildman–Crippen LogP) is 2.97. The molecule has 0 aliphatic carbocycles. The van der Waals surface area contributed by atoms with E-state index in [0.717, 1.165) is 11.1 Å². The van der Waals surface area contributed by atoms with Crippen LogP contribution in [0.5, 0.6) is 5.75 Å². The Labute approximate surface area is 120 Å². The zero-order chi connectivity index (χ0) is 15.0. The van der Waals surface area contributed by atoms with E-state index in [9.17, 15) is 9.90 Å². The molecule has 3 rings (SSSR count). The maximum Gasteiger partial charge on any atom is 0.200 e. The lowest BCUT2D eigenvalue weighted by Crippen LogP contribution is -2.05.